The van der Waals surface area contributed by atoms with Gasteiger partial charge in [0.15, 0.2) is 0 Å². The normalized spacial score (nSPS) is 11.8. The van der Waals surface area contributed by atoms with Crippen LogP contribution < -0.4 is 10.6 Å². The summed E-state index contributed by atoms with van der Waals surface area (Å²) < 4.78 is 1.21. The highest BCUT2D eigenvalue weighted by molar-refractivity contribution is 14.1. The zero-order valence-corrected chi connectivity index (χ0v) is 19.4. The topological polar surface area (TPSA) is 116 Å². The monoisotopic (exact) mass is 692 g/mol. The van der Waals surface area contributed by atoms with Crippen molar-refractivity contribution >= 4 is 102 Å². The Morgan fingerprint density at radius 1 is 1.12 bits per heavy atom. The number of aliphatic hydroxyl groups excluding tert-OH is 2. The van der Waals surface area contributed by atoms with E-state index in [1.165, 1.54) is 6.92 Å². The maximum Gasteiger partial charge on any atom is 0.254 e. The zero-order valence-electron chi connectivity index (χ0n) is 12.1. The molecule has 1 aromatic rings. The van der Waals surface area contributed by atoms with Crippen LogP contribution in [0.2, 0.25) is 0 Å². The van der Waals surface area contributed by atoms with Gasteiger partial charge in [-0.25, -0.2) is 0 Å². The first-order valence-electron chi connectivity index (χ1n) is 6.36. The predicted octanol–water partition coefficient (Wildman–Crippen LogP) is 1.92. The molecule has 1 aromatic carbocycles. The minimum atomic E-state index is -1.10. The van der Waals surface area contributed by atoms with Crippen LogP contribution in [0.5, 0.6) is 0 Å². The van der Waals surface area contributed by atoms with Crippen LogP contribution in [0.15, 0.2) is 0 Å². The van der Waals surface area contributed by atoms with E-state index in [0.717, 1.165) is 0 Å². The molecular formula is C13H12ClI3N2O5. The fraction of sp³-hybridized carbons (Fsp3) is 0.308. The fourth-order valence-electron chi connectivity index (χ4n) is 1.69. The standard InChI is InChI=1S/C13H12ClI3N2O5/c1-4(21)19-11-9(16)6(12(14)23)8(15)7(10(11)17)13(24)18-2-5(22)3-20/h5,20,22H,2-3H2,1H3,(H,18,24)(H,19,21). The Labute approximate surface area is 183 Å². The highest BCUT2D eigenvalue weighted by atomic mass is 127. The summed E-state index contributed by atoms with van der Waals surface area (Å²) >= 11 is 11.3. The Balaban J connectivity index is 3.47. The average molecular weight is 692 g/mol. The molecule has 0 aliphatic carbocycles. The van der Waals surface area contributed by atoms with E-state index in [4.69, 9.17) is 16.7 Å². The molecule has 1 unspecified atom stereocenters. The maximum absolute atomic E-state index is 12.4. The van der Waals surface area contributed by atoms with Crippen molar-refractivity contribution in [2.24, 2.45) is 0 Å². The smallest absolute Gasteiger partial charge is 0.254 e. The largest absolute Gasteiger partial charge is 0.394 e. The Kier molecular flexibility index (Phi) is 9.09. The lowest BCUT2D eigenvalue weighted by Crippen LogP contribution is -2.35. The lowest BCUT2D eigenvalue weighted by molar-refractivity contribution is -0.114. The second kappa shape index (κ2) is 9.80. The van der Waals surface area contributed by atoms with Crippen molar-refractivity contribution in [1.29, 1.82) is 0 Å². The maximum atomic E-state index is 12.4. The quantitative estimate of drug-likeness (QED) is 0.269. The van der Waals surface area contributed by atoms with Gasteiger partial charge < -0.3 is 20.8 Å². The third kappa shape index (κ3) is 5.36. The van der Waals surface area contributed by atoms with E-state index in [1.54, 1.807) is 0 Å². The summed E-state index contributed by atoms with van der Waals surface area (Å²) in [5, 5.41) is 22.5. The van der Waals surface area contributed by atoms with Gasteiger partial charge >= 0.3 is 0 Å². The van der Waals surface area contributed by atoms with Gasteiger partial charge in [-0.05, 0) is 79.4 Å². The number of carbonyl (C=O) groups excluding carboxylic acids is 3. The predicted molar refractivity (Wildman–Crippen MR) is 115 cm³/mol. The van der Waals surface area contributed by atoms with Crippen molar-refractivity contribution in [1.82, 2.24) is 5.32 Å². The van der Waals surface area contributed by atoms with Gasteiger partial charge in [0.05, 0.1) is 36.7 Å². The summed E-state index contributed by atoms with van der Waals surface area (Å²) in [5.74, 6) is -0.916. The summed E-state index contributed by atoms with van der Waals surface area (Å²) in [4.78, 5) is 35.6. The van der Waals surface area contributed by atoms with Crippen LogP contribution in [0.1, 0.15) is 27.6 Å². The fourth-order valence-corrected chi connectivity index (χ4v) is 6.61. The van der Waals surface area contributed by atoms with E-state index >= 15 is 0 Å². The molecule has 0 heterocycles. The molecule has 0 fully saturated rings. The second-order valence-electron chi connectivity index (χ2n) is 4.57. The summed E-state index contributed by atoms with van der Waals surface area (Å²) in [6.07, 6.45) is -1.10. The number of rotatable bonds is 6. The van der Waals surface area contributed by atoms with Crippen LogP contribution in [0.4, 0.5) is 5.69 Å². The molecule has 2 amide bonds. The number of halogens is 4. The number of benzene rings is 1. The Hall–Kier alpha value is 0.230. The first-order chi connectivity index (χ1) is 11.1. The van der Waals surface area contributed by atoms with E-state index in [-0.39, 0.29) is 23.6 Å². The van der Waals surface area contributed by atoms with Gasteiger partial charge in [-0.1, -0.05) is 0 Å². The molecule has 132 valence electrons. The van der Waals surface area contributed by atoms with E-state index in [1.807, 2.05) is 67.8 Å². The molecule has 7 nitrogen and oxygen atoms in total. The van der Waals surface area contributed by atoms with E-state index in [2.05, 4.69) is 10.6 Å². The van der Waals surface area contributed by atoms with E-state index in [9.17, 15) is 19.5 Å². The molecule has 0 saturated heterocycles. The molecule has 1 rings (SSSR count). The van der Waals surface area contributed by atoms with Crippen LogP contribution >= 0.6 is 79.4 Å². The minimum Gasteiger partial charge on any atom is -0.394 e. The van der Waals surface area contributed by atoms with Crippen LogP contribution in [0, 0.1) is 10.7 Å². The van der Waals surface area contributed by atoms with Gasteiger partial charge in [0.2, 0.25) is 5.91 Å². The molecule has 4 N–H and O–H groups in total. The summed E-state index contributed by atoms with van der Waals surface area (Å²) in [5.41, 5.74) is 0.602. The second-order valence-corrected chi connectivity index (χ2v) is 8.15. The van der Waals surface area contributed by atoms with Crippen molar-refractivity contribution in [3.63, 3.8) is 0 Å². The summed E-state index contributed by atoms with van der Waals surface area (Å²) in [6.45, 7) is 0.653. The van der Waals surface area contributed by atoms with Crippen molar-refractivity contribution in [3.05, 3.63) is 21.8 Å². The lowest BCUT2D eigenvalue weighted by atomic mass is 10.1. The Morgan fingerprint density at radius 3 is 2.12 bits per heavy atom. The number of amides is 2. The Bertz CT molecular complexity index is 699. The minimum absolute atomic E-state index is 0.120. The average Bonchev–Trinajstić information content (AvgIpc) is 2.48. The molecule has 0 radical (unpaired) electrons. The van der Waals surface area contributed by atoms with Crippen LogP contribution in [-0.4, -0.2) is 46.5 Å². The third-order valence-electron chi connectivity index (χ3n) is 2.75. The van der Waals surface area contributed by atoms with Crippen molar-refractivity contribution in [3.8, 4) is 0 Å². The summed E-state index contributed by atoms with van der Waals surface area (Å²) in [7, 11) is 0. The molecule has 1 atom stereocenters. The highest BCUT2D eigenvalue weighted by Gasteiger charge is 2.27. The molecule has 0 aliphatic rings. The zero-order chi connectivity index (χ0) is 18.6. The molecule has 24 heavy (non-hydrogen) atoms. The highest BCUT2D eigenvalue weighted by Crippen LogP contribution is 2.36. The number of anilines is 1. The van der Waals surface area contributed by atoms with Crippen molar-refractivity contribution in [2.75, 3.05) is 18.5 Å². The van der Waals surface area contributed by atoms with E-state index in [0.29, 0.717) is 16.4 Å². The lowest BCUT2D eigenvalue weighted by Gasteiger charge is -2.18. The van der Waals surface area contributed by atoms with Crippen LogP contribution in [0.3, 0.4) is 0 Å². The van der Waals surface area contributed by atoms with Crippen molar-refractivity contribution in [2.45, 2.75) is 13.0 Å². The van der Waals surface area contributed by atoms with Crippen LogP contribution in [-0.2, 0) is 4.79 Å². The number of nitrogens with one attached hydrogen (secondary N) is 2. The first-order valence-corrected chi connectivity index (χ1v) is 9.98. The Morgan fingerprint density at radius 2 is 1.67 bits per heavy atom. The number of aliphatic hydroxyl groups is 2. The van der Waals surface area contributed by atoms with Crippen molar-refractivity contribution < 1.29 is 24.6 Å². The molecule has 0 spiro atoms. The first kappa shape index (κ1) is 22.3. The molecule has 11 heteroatoms. The summed E-state index contributed by atoms with van der Waals surface area (Å²) in [6, 6.07) is 0. The number of hydrogen-bond acceptors (Lipinski definition) is 5. The van der Waals surface area contributed by atoms with Gasteiger partial charge in [-0.15, -0.1) is 0 Å². The molecule has 0 bridgehead atoms. The van der Waals surface area contributed by atoms with Gasteiger partial charge in [-0.3, -0.25) is 14.4 Å². The third-order valence-corrected chi connectivity index (χ3v) is 6.18. The van der Waals surface area contributed by atoms with Gasteiger partial charge in [0, 0.05) is 17.0 Å². The van der Waals surface area contributed by atoms with Gasteiger partial charge in [-0.2, -0.15) is 0 Å². The molecule has 0 aliphatic heterocycles. The SMILES string of the molecule is CC(=O)Nc1c(I)c(C(=O)Cl)c(I)c(C(=O)NCC(O)CO)c1I. The molecule has 0 saturated carbocycles. The molecule has 0 aromatic heterocycles. The van der Waals surface area contributed by atoms with Crippen LogP contribution in [0.25, 0.3) is 0 Å². The number of carbonyl (C=O) groups is 3. The number of hydrogen-bond donors (Lipinski definition) is 4. The molecular weight excluding hydrogens is 680 g/mol. The van der Waals surface area contributed by atoms with Gasteiger partial charge in [0.1, 0.15) is 0 Å². The van der Waals surface area contributed by atoms with E-state index < -0.39 is 23.9 Å². The van der Waals surface area contributed by atoms with Gasteiger partial charge in [0.25, 0.3) is 11.1 Å².